The standard InChI is InChI=1S/C26H25N3O7S/c30-24(27-20-10-13-37(32,33)17-20)16-36-25(31)9-7-19-15-29(21-4-2-1-3-5-21)28-26(19)18-6-8-22-23(14-18)35-12-11-34-22/h1-9,14-15,20H,10-13,16-17H2,(H,27,30)/b9-7+. The minimum Gasteiger partial charge on any atom is -0.486 e. The Morgan fingerprint density at radius 3 is 2.65 bits per heavy atom. The van der Waals surface area contributed by atoms with Gasteiger partial charge < -0.3 is 19.5 Å². The molecular formula is C26H25N3O7S. The van der Waals surface area contributed by atoms with Crippen LogP contribution in [0.4, 0.5) is 0 Å². The van der Waals surface area contributed by atoms with Gasteiger partial charge in [-0.15, -0.1) is 0 Å². The SMILES string of the molecule is O=C(COC(=O)/C=C/c1cn(-c2ccccc2)nc1-c1ccc2c(c1)OCCO2)NC1CCS(=O)(=O)C1. The van der Waals surface area contributed by atoms with Crippen LogP contribution in [-0.2, 0) is 24.2 Å². The van der Waals surface area contributed by atoms with Crippen molar-refractivity contribution in [3.8, 4) is 28.4 Å². The van der Waals surface area contributed by atoms with Crippen molar-refractivity contribution in [2.75, 3.05) is 31.3 Å². The first-order valence-corrected chi connectivity index (χ1v) is 13.6. The second-order valence-electron chi connectivity index (χ2n) is 8.68. The molecule has 1 saturated heterocycles. The lowest BCUT2D eigenvalue weighted by Crippen LogP contribution is -2.38. The highest BCUT2D eigenvalue weighted by atomic mass is 32.2. The molecule has 192 valence electrons. The molecule has 5 rings (SSSR count). The lowest BCUT2D eigenvalue weighted by molar-refractivity contribution is -0.143. The van der Waals surface area contributed by atoms with Gasteiger partial charge in [-0.25, -0.2) is 17.9 Å². The van der Waals surface area contributed by atoms with Crippen molar-refractivity contribution in [2.24, 2.45) is 0 Å². The lowest BCUT2D eigenvalue weighted by atomic mass is 10.1. The third-order valence-corrected chi connectivity index (χ3v) is 7.69. The van der Waals surface area contributed by atoms with E-state index in [-0.39, 0.29) is 11.5 Å². The zero-order valence-corrected chi connectivity index (χ0v) is 20.6. The molecule has 11 heteroatoms. The molecule has 1 amide bonds. The van der Waals surface area contributed by atoms with Crippen LogP contribution in [0.2, 0.25) is 0 Å². The van der Waals surface area contributed by atoms with Crippen molar-refractivity contribution in [3.63, 3.8) is 0 Å². The number of esters is 1. The van der Waals surface area contributed by atoms with E-state index in [1.807, 2.05) is 48.5 Å². The highest BCUT2D eigenvalue weighted by Crippen LogP contribution is 2.35. The van der Waals surface area contributed by atoms with E-state index in [0.29, 0.717) is 42.4 Å². The summed E-state index contributed by atoms with van der Waals surface area (Å²) >= 11 is 0. The zero-order valence-electron chi connectivity index (χ0n) is 19.8. The van der Waals surface area contributed by atoms with Gasteiger partial charge in [0.15, 0.2) is 27.9 Å². The molecule has 1 unspecified atom stereocenters. The van der Waals surface area contributed by atoms with E-state index >= 15 is 0 Å². The predicted octanol–water partition coefficient (Wildman–Crippen LogP) is 2.17. The van der Waals surface area contributed by atoms with E-state index in [2.05, 4.69) is 5.32 Å². The third kappa shape index (κ3) is 6.00. The first kappa shape index (κ1) is 24.6. The number of benzene rings is 2. The summed E-state index contributed by atoms with van der Waals surface area (Å²) in [6, 6.07) is 14.6. The van der Waals surface area contributed by atoms with Crippen molar-refractivity contribution in [1.82, 2.24) is 15.1 Å². The second-order valence-corrected chi connectivity index (χ2v) is 10.9. The van der Waals surface area contributed by atoms with Crippen molar-refractivity contribution in [1.29, 1.82) is 0 Å². The van der Waals surface area contributed by atoms with Gasteiger partial charge in [-0.2, -0.15) is 5.10 Å². The van der Waals surface area contributed by atoms with Gasteiger partial charge in [0.2, 0.25) is 0 Å². The van der Waals surface area contributed by atoms with Crippen molar-refractivity contribution in [3.05, 3.63) is 66.4 Å². The Labute approximate surface area is 213 Å². The van der Waals surface area contributed by atoms with Crippen LogP contribution in [0.25, 0.3) is 23.0 Å². The van der Waals surface area contributed by atoms with Crippen molar-refractivity contribution >= 4 is 27.8 Å². The van der Waals surface area contributed by atoms with E-state index in [1.54, 1.807) is 17.0 Å². The monoisotopic (exact) mass is 523 g/mol. The number of nitrogens with one attached hydrogen (secondary N) is 1. The number of hydrogen-bond acceptors (Lipinski definition) is 8. The van der Waals surface area contributed by atoms with Gasteiger partial charge in [0.25, 0.3) is 5.91 Å². The summed E-state index contributed by atoms with van der Waals surface area (Å²) in [5, 5.41) is 7.31. The zero-order chi connectivity index (χ0) is 25.8. The number of ether oxygens (including phenoxy) is 3. The largest absolute Gasteiger partial charge is 0.486 e. The van der Waals surface area contributed by atoms with Crippen LogP contribution < -0.4 is 14.8 Å². The number of aromatic nitrogens is 2. The number of carbonyl (C=O) groups is 2. The summed E-state index contributed by atoms with van der Waals surface area (Å²) in [6.45, 7) is 0.443. The molecule has 3 heterocycles. The summed E-state index contributed by atoms with van der Waals surface area (Å²) in [7, 11) is -3.12. The van der Waals surface area contributed by atoms with Crippen molar-refractivity contribution < 1.29 is 32.2 Å². The van der Waals surface area contributed by atoms with Crippen LogP contribution in [0.1, 0.15) is 12.0 Å². The molecule has 0 radical (unpaired) electrons. The first-order chi connectivity index (χ1) is 17.9. The Hall–Kier alpha value is -4.12. The van der Waals surface area contributed by atoms with Crippen LogP contribution in [0.5, 0.6) is 11.5 Å². The van der Waals surface area contributed by atoms with Crippen LogP contribution >= 0.6 is 0 Å². The number of fused-ring (bicyclic) bond motifs is 1. The van der Waals surface area contributed by atoms with Gasteiger partial charge >= 0.3 is 5.97 Å². The number of rotatable bonds is 7. The summed E-state index contributed by atoms with van der Waals surface area (Å²) in [6.07, 6.45) is 4.94. The molecule has 2 aliphatic heterocycles. The highest BCUT2D eigenvalue weighted by molar-refractivity contribution is 7.91. The number of nitrogens with zero attached hydrogens (tertiary/aromatic N) is 2. The normalized spacial score (nSPS) is 18.0. The van der Waals surface area contributed by atoms with Gasteiger partial charge in [0.05, 0.1) is 17.2 Å². The number of hydrogen-bond donors (Lipinski definition) is 1. The Morgan fingerprint density at radius 2 is 1.89 bits per heavy atom. The topological polar surface area (TPSA) is 126 Å². The summed E-state index contributed by atoms with van der Waals surface area (Å²) in [5.74, 6) is -0.0312. The van der Waals surface area contributed by atoms with E-state index in [0.717, 1.165) is 11.3 Å². The molecular weight excluding hydrogens is 498 g/mol. The molecule has 2 aliphatic rings. The third-order valence-electron chi connectivity index (χ3n) is 5.92. The van der Waals surface area contributed by atoms with E-state index < -0.39 is 34.4 Å². The quantitative estimate of drug-likeness (QED) is 0.369. The van der Waals surface area contributed by atoms with E-state index in [4.69, 9.17) is 19.3 Å². The van der Waals surface area contributed by atoms with Gasteiger partial charge in [0.1, 0.15) is 18.9 Å². The Kier molecular flexibility index (Phi) is 6.95. The van der Waals surface area contributed by atoms with Crippen LogP contribution in [0.3, 0.4) is 0 Å². The fourth-order valence-corrected chi connectivity index (χ4v) is 5.83. The maximum absolute atomic E-state index is 12.3. The highest BCUT2D eigenvalue weighted by Gasteiger charge is 2.29. The maximum Gasteiger partial charge on any atom is 0.331 e. The average molecular weight is 524 g/mol. The first-order valence-electron chi connectivity index (χ1n) is 11.8. The van der Waals surface area contributed by atoms with Crippen LogP contribution in [-0.4, -0.2) is 67.4 Å². The molecule has 0 spiro atoms. The number of para-hydroxylation sites is 1. The molecule has 2 aromatic carbocycles. The molecule has 37 heavy (non-hydrogen) atoms. The minimum absolute atomic E-state index is 0.0445. The minimum atomic E-state index is -3.12. The lowest BCUT2D eigenvalue weighted by Gasteiger charge is -2.18. The fourth-order valence-electron chi connectivity index (χ4n) is 4.16. The molecule has 0 saturated carbocycles. The Balaban J connectivity index is 1.31. The molecule has 0 aliphatic carbocycles. The van der Waals surface area contributed by atoms with Crippen LogP contribution in [0.15, 0.2) is 60.8 Å². The fraction of sp³-hybridized carbons (Fsp3) is 0.269. The predicted molar refractivity (Wildman–Crippen MR) is 135 cm³/mol. The maximum atomic E-state index is 12.3. The van der Waals surface area contributed by atoms with Crippen LogP contribution in [0, 0.1) is 0 Å². The Morgan fingerprint density at radius 1 is 1.11 bits per heavy atom. The van der Waals surface area contributed by atoms with Gasteiger partial charge in [0, 0.05) is 29.4 Å². The number of carbonyl (C=O) groups excluding carboxylic acids is 2. The number of amides is 1. The number of sulfone groups is 1. The Bertz CT molecular complexity index is 1450. The molecule has 10 nitrogen and oxygen atoms in total. The summed E-state index contributed by atoms with van der Waals surface area (Å²) in [4.78, 5) is 24.4. The molecule has 0 bridgehead atoms. The van der Waals surface area contributed by atoms with Gasteiger partial charge in [-0.05, 0) is 42.8 Å². The molecule has 1 N–H and O–H groups in total. The molecule has 3 aromatic rings. The summed E-state index contributed by atoms with van der Waals surface area (Å²) < 4.78 is 41.1. The van der Waals surface area contributed by atoms with Crippen molar-refractivity contribution in [2.45, 2.75) is 12.5 Å². The molecule has 1 atom stereocenters. The van der Waals surface area contributed by atoms with Gasteiger partial charge in [-0.1, -0.05) is 18.2 Å². The smallest absolute Gasteiger partial charge is 0.331 e. The van der Waals surface area contributed by atoms with Gasteiger partial charge in [-0.3, -0.25) is 4.79 Å². The molecule has 1 aromatic heterocycles. The van der Waals surface area contributed by atoms with E-state index in [9.17, 15) is 18.0 Å². The second kappa shape index (κ2) is 10.5. The van der Waals surface area contributed by atoms with E-state index in [1.165, 1.54) is 6.08 Å². The summed E-state index contributed by atoms with van der Waals surface area (Å²) in [5.41, 5.74) is 2.88. The average Bonchev–Trinajstić information content (AvgIpc) is 3.49. The molecule has 1 fully saturated rings.